The predicted molar refractivity (Wildman–Crippen MR) is 69.1 cm³/mol. The molecular weight excluding hydrogens is 214 g/mol. The predicted octanol–water partition coefficient (Wildman–Crippen LogP) is 2.58. The molecule has 0 bridgehead atoms. The summed E-state index contributed by atoms with van der Waals surface area (Å²) in [5, 5.41) is 12.2. The average molecular weight is 227 g/mol. The molecule has 0 amide bonds. The molecule has 4 nitrogen and oxygen atoms in total. The monoisotopic (exact) mass is 227 g/mol. The molecule has 17 heavy (non-hydrogen) atoms. The fourth-order valence-corrected chi connectivity index (χ4v) is 1.40. The van der Waals surface area contributed by atoms with Gasteiger partial charge in [0.25, 0.3) is 0 Å². The summed E-state index contributed by atoms with van der Waals surface area (Å²) in [5.74, 6) is 0.252. The number of aliphatic imine (C=N–C) groups is 1. The Morgan fingerprint density at radius 3 is 2.71 bits per heavy atom. The standard InChI is InChI=1S/C13H13N3O/c1-14-13-9-15-7-6-12(13)16-8-10-2-4-11(17)5-3-10/h2-9,14,17H,1H3. The van der Waals surface area contributed by atoms with Crippen molar-refractivity contribution in [1.29, 1.82) is 0 Å². The first-order valence-electron chi connectivity index (χ1n) is 5.24. The minimum absolute atomic E-state index is 0.252. The van der Waals surface area contributed by atoms with Crippen molar-refractivity contribution < 1.29 is 5.11 Å². The molecule has 0 aliphatic heterocycles. The van der Waals surface area contributed by atoms with E-state index in [0.29, 0.717) is 0 Å². The molecule has 0 aliphatic rings. The van der Waals surface area contributed by atoms with E-state index in [-0.39, 0.29) is 5.75 Å². The van der Waals surface area contributed by atoms with Crippen LogP contribution in [0, 0.1) is 0 Å². The van der Waals surface area contributed by atoms with Crippen LogP contribution in [0.25, 0.3) is 0 Å². The maximum absolute atomic E-state index is 9.16. The quantitative estimate of drug-likeness (QED) is 0.792. The van der Waals surface area contributed by atoms with Crippen LogP contribution in [0.5, 0.6) is 5.75 Å². The van der Waals surface area contributed by atoms with Crippen LogP contribution in [0.1, 0.15) is 5.56 Å². The van der Waals surface area contributed by atoms with Crippen LogP contribution in [0.4, 0.5) is 11.4 Å². The summed E-state index contributed by atoms with van der Waals surface area (Å²) < 4.78 is 0. The highest BCUT2D eigenvalue weighted by molar-refractivity contribution is 5.84. The van der Waals surface area contributed by atoms with Crippen LogP contribution < -0.4 is 5.32 Å². The minimum atomic E-state index is 0.252. The first-order chi connectivity index (χ1) is 8.29. The highest BCUT2D eigenvalue weighted by Gasteiger charge is 1.96. The number of aromatic hydroxyl groups is 1. The maximum atomic E-state index is 9.16. The molecule has 86 valence electrons. The number of aromatic nitrogens is 1. The number of hydrogen-bond acceptors (Lipinski definition) is 4. The minimum Gasteiger partial charge on any atom is -0.508 e. The van der Waals surface area contributed by atoms with Gasteiger partial charge in [0, 0.05) is 19.5 Å². The lowest BCUT2D eigenvalue weighted by Crippen LogP contribution is -1.89. The van der Waals surface area contributed by atoms with Gasteiger partial charge >= 0.3 is 0 Å². The molecule has 0 radical (unpaired) electrons. The third kappa shape index (κ3) is 2.81. The third-order valence-corrected chi connectivity index (χ3v) is 2.31. The van der Waals surface area contributed by atoms with Crippen molar-refractivity contribution >= 4 is 17.6 Å². The van der Waals surface area contributed by atoms with Gasteiger partial charge in [-0.2, -0.15) is 0 Å². The molecule has 1 aromatic heterocycles. The normalized spacial score (nSPS) is 10.6. The Bertz CT molecular complexity index is 520. The van der Waals surface area contributed by atoms with Gasteiger partial charge in [-0.3, -0.25) is 9.98 Å². The van der Waals surface area contributed by atoms with Crippen molar-refractivity contribution in [2.45, 2.75) is 0 Å². The number of phenols is 1. The zero-order chi connectivity index (χ0) is 12.1. The fraction of sp³-hybridized carbons (Fsp3) is 0.0769. The van der Waals surface area contributed by atoms with Crippen LogP contribution in [0.3, 0.4) is 0 Å². The molecule has 0 saturated heterocycles. The molecule has 0 fully saturated rings. The lowest BCUT2D eigenvalue weighted by molar-refractivity contribution is 0.475. The number of benzene rings is 1. The largest absolute Gasteiger partial charge is 0.508 e. The summed E-state index contributed by atoms with van der Waals surface area (Å²) in [4.78, 5) is 8.38. The molecule has 2 aromatic rings. The lowest BCUT2D eigenvalue weighted by Gasteiger charge is -2.02. The van der Waals surface area contributed by atoms with Gasteiger partial charge in [0.05, 0.1) is 17.6 Å². The number of pyridine rings is 1. The van der Waals surface area contributed by atoms with Gasteiger partial charge < -0.3 is 10.4 Å². The third-order valence-electron chi connectivity index (χ3n) is 2.31. The van der Waals surface area contributed by atoms with Crippen LogP contribution in [0.15, 0.2) is 47.7 Å². The van der Waals surface area contributed by atoms with Crippen molar-refractivity contribution in [3.63, 3.8) is 0 Å². The van der Waals surface area contributed by atoms with Crippen LogP contribution in [0.2, 0.25) is 0 Å². The Balaban J connectivity index is 2.22. The Morgan fingerprint density at radius 1 is 1.24 bits per heavy atom. The second-order valence-electron chi connectivity index (χ2n) is 3.49. The molecule has 1 aromatic carbocycles. The van der Waals surface area contributed by atoms with E-state index in [1.54, 1.807) is 42.9 Å². The van der Waals surface area contributed by atoms with E-state index in [0.717, 1.165) is 16.9 Å². The molecule has 1 heterocycles. The summed E-state index contributed by atoms with van der Waals surface area (Å²) in [7, 11) is 1.83. The summed E-state index contributed by atoms with van der Waals surface area (Å²) in [6, 6.07) is 8.71. The SMILES string of the molecule is CNc1cnccc1N=Cc1ccc(O)cc1. The Morgan fingerprint density at radius 2 is 2.00 bits per heavy atom. The molecule has 0 spiro atoms. The lowest BCUT2D eigenvalue weighted by atomic mass is 10.2. The van der Waals surface area contributed by atoms with Crippen molar-refractivity contribution in [2.24, 2.45) is 4.99 Å². The van der Waals surface area contributed by atoms with Crippen molar-refractivity contribution in [3.05, 3.63) is 48.3 Å². The molecular formula is C13H13N3O. The topological polar surface area (TPSA) is 57.5 Å². The van der Waals surface area contributed by atoms with E-state index in [2.05, 4.69) is 15.3 Å². The van der Waals surface area contributed by atoms with Crippen LogP contribution >= 0.6 is 0 Å². The second-order valence-corrected chi connectivity index (χ2v) is 3.49. The number of rotatable bonds is 3. The zero-order valence-electron chi connectivity index (χ0n) is 9.46. The van der Waals surface area contributed by atoms with Gasteiger partial charge in [0.1, 0.15) is 5.75 Å². The van der Waals surface area contributed by atoms with E-state index in [4.69, 9.17) is 5.11 Å². The molecule has 0 unspecified atom stereocenters. The number of nitrogens with one attached hydrogen (secondary N) is 1. The second kappa shape index (κ2) is 5.12. The van der Waals surface area contributed by atoms with Crippen molar-refractivity contribution in [2.75, 3.05) is 12.4 Å². The van der Waals surface area contributed by atoms with E-state index >= 15 is 0 Å². The van der Waals surface area contributed by atoms with E-state index in [1.807, 2.05) is 13.1 Å². The summed E-state index contributed by atoms with van der Waals surface area (Å²) in [6.07, 6.45) is 5.17. The van der Waals surface area contributed by atoms with Crippen LogP contribution in [-0.2, 0) is 0 Å². The number of nitrogens with zero attached hydrogens (tertiary/aromatic N) is 2. The smallest absolute Gasteiger partial charge is 0.115 e. The highest BCUT2D eigenvalue weighted by Crippen LogP contribution is 2.22. The van der Waals surface area contributed by atoms with Crippen LogP contribution in [-0.4, -0.2) is 23.4 Å². The fourth-order valence-electron chi connectivity index (χ4n) is 1.40. The first-order valence-corrected chi connectivity index (χ1v) is 5.24. The highest BCUT2D eigenvalue weighted by atomic mass is 16.3. The van der Waals surface area contributed by atoms with Gasteiger partial charge in [-0.25, -0.2) is 0 Å². The molecule has 2 rings (SSSR count). The summed E-state index contributed by atoms with van der Waals surface area (Å²) >= 11 is 0. The van der Waals surface area contributed by atoms with Gasteiger partial charge in [0.2, 0.25) is 0 Å². The van der Waals surface area contributed by atoms with Gasteiger partial charge in [-0.1, -0.05) is 0 Å². The Kier molecular flexibility index (Phi) is 3.35. The Labute approximate surface area is 99.7 Å². The van der Waals surface area contributed by atoms with Crippen molar-refractivity contribution in [3.8, 4) is 5.75 Å². The van der Waals surface area contributed by atoms with E-state index < -0.39 is 0 Å². The van der Waals surface area contributed by atoms with Gasteiger partial charge in [-0.05, 0) is 35.9 Å². The first kappa shape index (κ1) is 11.1. The van der Waals surface area contributed by atoms with Gasteiger partial charge in [-0.15, -0.1) is 0 Å². The maximum Gasteiger partial charge on any atom is 0.115 e. The number of anilines is 1. The summed E-state index contributed by atoms with van der Waals surface area (Å²) in [5.41, 5.74) is 2.64. The Hall–Kier alpha value is -2.36. The average Bonchev–Trinajstić information content (AvgIpc) is 2.38. The number of hydrogen-bond donors (Lipinski definition) is 2. The molecule has 0 atom stereocenters. The van der Waals surface area contributed by atoms with E-state index in [9.17, 15) is 0 Å². The summed E-state index contributed by atoms with van der Waals surface area (Å²) in [6.45, 7) is 0. The van der Waals surface area contributed by atoms with E-state index in [1.165, 1.54) is 0 Å². The van der Waals surface area contributed by atoms with Crippen molar-refractivity contribution in [1.82, 2.24) is 4.98 Å². The molecule has 0 saturated carbocycles. The number of phenolic OH excluding ortho intramolecular Hbond substituents is 1. The molecule has 2 N–H and O–H groups in total. The zero-order valence-corrected chi connectivity index (χ0v) is 9.46. The molecule has 0 aliphatic carbocycles. The molecule has 4 heteroatoms. The van der Waals surface area contributed by atoms with Gasteiger partial charge in [0.15, 0.2) is 0 Å².